The molecule has 2 unspecified atom stereocenters. The lowest BCUT2D eigenvalue weighted by Crippen LogP contribution is -2.43. The number of hydrogen-bond acceptors (Lipinski definition) is 3. The first kappa shape index (κ1) is 18.9. The van der Waals surface area contributed by atoms with Crippen molar-refractivity contribution in [1.82, 2.24) is 4.90 Å². The summed E-state index contributed by atoms with van der Waals surface area (Å²) < 4.78 is 5.82. The molecule has 0 spiro atoms. The topological polar surface area (TPSA) is 55.6 Å². The molecule has 1 aromatic rings. The predicted molar refractivity (Wildman–Crippen MR) is 91.2 cm³/mol. The third-order valence-corrected chi connectivity index (χ3v) is 4.06. The number of ether oxygens (including phenoxy) is 1. The van der Waals surface area contributed by atoms with E-state index in [2.05, 4.69) is 19.1 Å². The Hall–Kier alpha value is -1.10. The van der Waals surface area contributed by atoms with Crippen LogP contribution < -0.4 is 5.73 Å². The fourth-order valence-corrected chi connectivity index (χ4v) is 2.79. The molecule has 1 fully saturated rings. The van der Waals surface area contributed by atoms with Gasteiger partial charge in [0.1, 0.15) is 6.10 Å². The van der Waals surface area contributed by atoms with E-state index in [-0.39, 0.29) is 30.5 Å². The summed E-state index contributed by atoms with van der Waals surface area (Å²) in [5, 5.41) is 0. The monoisotopic (exact) mass is 326 g/mol. The van der Waals surface area contributed by atoms with Crippen LogP contribution in [0.25, 0.3) is 0 Å². The van der Waals surface area contributed by atoms with Crippen molar-refractivity contribution in [2.75, 3.05) is 19.6 Å². The van der Waals surface area contributed by atoms with E-state index in [1.54, 1.807) is 0 Å². The van der Waals surface area contributed by atoms with Crippen molar-refractivity contribution >= 4 is 18.3 Å². The molecule has 2 N–H and O–H groups in total. The molecule has 0 bridgehead atoms. The Bertz CT molecular complexity index is 442. The Morgan fingerprint density at radius 1 is 1.27 bits per heavy atom. The Kier molecular flexibility index (Phi) is 8.46. The van der Waals surface area contributed by atoms with Crippen LogP contribution in [0.2, 0.25) is 0 Å². The SMILES string of the molecule is CCC1CCC(C(=O)N(CCN)CCc2ccccc2)O1.Cl. The number of nitrogens with zero attached hydrogens (tertiary/aromatic N) is 1. The molecule has 1 heterocycles. The molecule has 1 aliphatic heterocycles. The maximum absolute atomic E-state index is 12.6. The third kappa shape index (κ3) is 5.27. The molecule has 4 nitrogen and oxygen atoms in total. The molecule has 0 aliphatic carbocycles. The highest BCUT2D eigenvalue weighted by molar-refractivity contribution is 5.85. The van der Waals surface area contributed by atoms with Crippen LogP contribution >= 0.6 is 12.4 Å². The number of nitrogens with two attached hydrogens (primary N) is 1. The summed E-state index contributed by atoms with van der Waals surface area (Å²) in [4.78, 5) is 14.4. The van der Waals surface area contributed by atoms with Crippen LogP contribution in [0, 0.1) is 0 Å². The number of hydrogen-bond donors (Lipinski definition) is 1. The molecule has 0 aromatic heterocycles. The maximum atomic E-state index is 12.6. The number of benzene rings is 1. The van der Waals surface area contributed by atoms with Gasteiger partial charge in [-0.25, -0.2) is 0 Å². The van der Waals surface area contributed by atoms with E-state index < -0.39 is 0 Å². The molecule has 1 aliphatic rings. The van der Waals surface area contributed by atoms with Crippen molar-refractivity contribution in [3.63, 3.8) is 0 Å². The van der Waals surface area contributed by atoms with E-state index in [1.165, 1.54) is 5.56 Å². The van der Waals surface area contributed by atoms with Crippen molar-refractivity contribution in [3.05, 3.63) is 35.9 Å². The number of carbonyl (C=O) groups is 1. The molecule has 5 heteroatoms. The molecule has 124 valence electrons. The molecule has 2 atom stereocenters. The second-order valence-electron chi connectivity index (χ2n) is 5.58. The minimum Gasteiger partial charge on any atom is -0.365 e. The number of halogens is 1. The lowest BCUT2D eigenvalue weighted by molar-refractivity contribution is -0.142. The number of carbonyl (C=O) groups excluding carboxylic acids is 1. The van der Waals surface area contributed by atoms with Gasteiger partial charge in [0.25, 0.3) is 5.91 Å². The van der Waals surface area contributed by atoms with Gasteiger partial charge in [-0.1, -0.05) is 37.3 Å². The maximum Gasteiger partial charge on any atom is 0.251 e. The summed E-state index contributed by atoms with van der Waals surface area (Å²) in [5.41, 5.74) is 6.90. The van der Waals surface area contributed by atoms with E-state index in [4.69, 9.17) is 10.5 Å². The van der Waals surface area contributed by atoms with Crippen molar-refractivity contribution in [3.8, 4) is 0 Å². The van der Waals surface area contributed by atoms with Crippen LogP contribution in [0.4, 0.5) is 0 Å². The van der Waals surface area contributed by atoms with E-state index in [1.807, 2.05) is 23.1 Å². The Labute approximate surface area is 139 Å². The van der Waals surface area contributed by atoms with Crippen LogP contribution in [0.15, 0.2) is 30.3 Å². The highest BCUT2D eigenvalue weighted by atomic mass is 35.5. The van der Waals surface area contributed by atoms with Gasteiger partial charge in [-0.15, -0.1) is 12.4 Å². The summed E-state index contributed by atoms with van der Waals surface area (Å²) in [6.07, 6.45) is 3.64. The number of amides is 1. The highest BCUT2D eigenvalue weighted by Crippen LogP contribution is 2.23. The lowest BCUT2D eigenvalue weighted by Gasteiger charge is -2.25. The van der Waals surface area contributed by atoms with Gasteiger partial charge in [0, 0.05) is 19.6 Å². The van der Waals surface area contributed by atoms with Gasteiger partial charge in [-0.2, -0.15) is 0 Å². The second kappa shape index (κ2) is 9.82. The molecular weight excluding hydrogens is 300 g/mol. The average Bonchev–Trinajstić information content (AvgIpc) is 3.01. The van der Waals surface area contributed by atoms with Gasteiger partial charge >= 0.3 is 0 Å². The summed E-state index contributed by atoms with van der Waals surface area (Å²) in [6, 6.07) is 10.2. The Balaban J connectivity index is 0.00000242. The van der Waals surface area contributed by atoms with Crippen molar-refractivity contribution in [2.24, 2.45) is 5.73 Å². The molecule has 1 aromatic carbocycles. The first-order valence-corrected chi connectivity index (χ1v) is 7.92. The first-order chi connectivity index (χ1) is 10.2. The van der Waals surface area contributed by atoms with Crippen LogP contribution in [0.5, 0.6) is 0 Å². The fraction of sp³-hybridized carbons (Fsp3) is 0.588. The summed E-state index contributed by atoms with van der Waals surface area (Å²) in [5.74, 6) is 0.104. The minimum atomic E-state index is -0.266. The zero-order valence-electron chi connectivity index (χ0n) is 13.2. The molecule has 1 saturated heterocycles. The fourth-order valence-electron chi connectivity index (χ4n) is 2.79. The van der Waals surface area contributed by atoms with Crippen LogP contribution in [0.1, 0.15) is 31.7 Å². The van der Waals surface area contributed by atoms with Crippen LogP contribution in [0.3, 0.4) is 0 Å². The van der Waals surface area contributed by atoms with Gasteiger partial charge in [-0.05, 0) is 31.2 Å². The largest absolute Gasteiger partial charge is 0.365 e. The second-order valence-corrected chi connectivity index (χ2v) is 5.58. The molecule has 1 amide bonds. The molecule has 0 saturated carbocycles. The molecule has 22 heavy (non-hydrogen) atoms. The Morgan fingerprint density at radius 2 is 2.00 bits per heavy atom. The first-order valence-electron chi connectivity index (χ1n) is 7.92. The van der Waals surface area contributed by atoms with E-state index in [0.717, 1.165) is 25.7 Å². The molecule has 2 rings (SSSR count). The van der Waals surface area contributed by atoms with Gasteiger partial charge in [0.2, 0.25) is 0 Å². The quantitative estimate of drug-likeness (QED) is 0.837. The van der Waals surface area contributed by atoms with Crippen LogP contribution in [-0.2, 0) is 16.0 Å². The Morgan fingerprint density at radius 3 is 2.59 bits per heavy atom. The third-order valence-electron chi connectivity index (χ3n) is 4.06. The van der Waals surface area contributed by atoms with Gasteiger partial charge in [0.05, 0.1) is 6.10 Å². The smallest absolute Gasteiger partial charge is 0.251 e. The average molecular weight is 327 g/mol. The molecular formula is C17H27ClN2O2. The van der Waals surface area contributed by atoms with Gasteiger partial charge in [-0.3, -0.25) is 4.79 Å². The molecule has 0 radical (unpaired) electrons. The zero-order chi connectivity index (χ0) is 15.1. The van der Waals surface area contributed by atoms with E-state index in [0.29, 0.717) is 19.6 Å². The minimum absolute atomic E-state index is 0. The van der Waals surface area contributed by atoms with Crippen molar-refractivity contribution < 1.29 is 9.53 Å². The normalized spacial score (nSPS) is 20.5. The summed E-state index contributed by atoms with van der Waals surface area (Å²) >= 11 is 0. The van der Waals surface area contributed by atoms with Gasteiger partial charge < -0.3 is 15.4 Å². The van der Waals surface area contributed by atoms with Crippen LogP contribution in [-0.4, -0.2) is 42.6 Å². The van der Waals surface area contributed by atoms with Crippen molar-refractivity contribution in [1.29, 1.82) is 0 Å². The highest BCUT2D eigenvalue weighted by Gasteiger charge is 2.32. The van der Waals surface area contributed by atoms with E-state index >= 15 is 0 Å². The van der Waals surface area contributed by atoms with Gasteiger partial charge in [0.15, 0.2) is 0 Å². The predicted octanol–water partition coefficient (Wildman–Crippen LogP) is 2.40. The number of rotatable bonds is 7. The lowest BCUT2D eigenvalue weighted by atomic mass is 10.1. The van der Waals surface area contributed by atoms with Crippen molar-refractivity contribution in [2.45, 2.75) is 44.8 Å². The summed E-state index contributed by atoms with van der Waals surface area (Å²) in [7, 11) is 0. The standard InChI is InChI=1S/C17H26N2O2.ClH/c1-2-15-8-9-16(21-15)17(20)19(13-11-18)12-10-14-6-4-3-5-7-14;/h3-7,15-16H,2,8-13,18H2,1H3;1H. The summed E-state index contributed by atoms with van der Waals surface area (Å²) in [6.45, 7) is 3.90. The zero-order valence-corrected chi connectivity index (χ0v) is 14.1. The van der Waals surface area contributed by atoms with E-state index in [9.17, 15) is 4.79 Å².